The molecule has 3 N–H and O–H groups in total. The van der Waals surface area contributed by atoms with Crippen molar-refractivity contribution in [1.29, 1.82) is 0 Å². The molecule has 0 atom stereocenters. The largest absolute Gasteiger partial charge is 0.397 e. The van der Waals surface area contributed by atoms with Gasteiger partial charge in [0.1, 0.15) is 0 Å². The third-order valence-electron chi connectivity index (χ3n) is 4.79. The van der Waals surface area contributed by atoms with Crippen LogP contribution in [0.4, 0.5) is 10.1 Å². The maximum absolute atomic E-state index is 12.5. The molecule has 0 bridgehead atoms. The van der Waals surface area contributed by atoms with Crippen molar-refractivity contribution < 1.29 is 4.39 Å². The number of thiophene rings is 1. The molecule has 3 heterocycles. The van der Waals surface area contributed by atoms with Gasteiger partial charge in [0.25, 0.3) is 0 Å². The lowest BCUT2D eigenvalue weighted by molar-refractivity contribution is 0.603. The Morgan fingerprint density at radius 3 is 2.55 bits per heavy atom. The number of nitrogens with two attached hydrogens (primary N) is 1. The van der Waals surface area contributed by atoms with Crippen molar-refractivity contribution in [2.75, 3.05) is 5.73 Å². The van der Waals surface area contributed by atoms with E-state index in [0.717, 1.165) is 17.8 Å². The summed E-state index contributed by atoms with van der Waals surface area (Å²) in [6.45, 7) is 4.88. The second-order valence-electron chi connectivity index (χ2n) is 6.95. The third kappa shape index (κ3) is 4.77. The van der Waals surface area contributed by atoms with Crippen molar-refractivity contribution in [2.45, 2.75) is 11.4 Å². The Hall–Kier alpha value is -2.80. The molecule has 1 aliphatic rings. The average Bonchev–Trinajstić information content (AvgIpc) is 3.40. The van der Waals surface area contributed by atoms with Crippen LogP contribution < -0.4 is 11.1 Å². The van der Waals surface area contributed by atoms with Crippen molar-refractivity contribution in [3.05, 3.63) is 95.5 Å². The number of aromatic nitrogens is 1. The zero-order valence-corrected chi connectivity index (χ0v) is 18.9. The van der Waals surface area contributed by atoms with Gasteiger partial charge < -0.3 is 11.1 Å². The molecule has 2 aromatic heterocycles. The molecule has 0 unspecified atom stereocenters. The van der Waals surface area contributed by atoms with Crippen LogP contribution in [-0.2, 0) is 6.54 Å². The van der Waals surface area contributed by atoms with Gasteiger partial charge in [-0.1, -0.05) is 36.4 Å². The summed E-state index contributed by atoms with van der Waals surface area (Å²) < 4.78 is 12.5. The number of halogens is 2. The number of hydrogen-bond donors (Lipinski definition) is 3. The summed E-state index contributed by atoms with van der Waals surface area (Å²) in [7, 11) is 0. The van der Waals surface area contributed by atoms with Crippen LogP contribution in [0.2, 0.25) is 5.02 Å². The minimum atomic E-state index is -0.456. The molecular weight excluding hydrogens is 449 g/mol. The van der Waals surface area contributed by atoms with Gasteiger partial charge in [0, 0.05) is 50.4 Å². The average molecular weight is 468 g/mol. The molecule has 0 spiro atoms. The van der Waals surface area contributed by atoms with E-state index in [-0.39, 0.29) is 9.92 Å². The van der Waals surface area contributed by atoms with Crippen LogP contribution >= 0.6 is 35.6 Å². The molecule has 156 valence electrons. The highest BCUT2D eigenvalue weighted by atomic mass is 35.5. The second-order valence-corrected chi connectivity index (χ2v) is 8.92. The van der Waals surface area contributed by atoms with Crippen molar-refractivity contribution in [2.24, 2.45) is 0 Å². The van der Waals surface area contributed by atoms with Gasteiger partial charge in [-0.2, -0.15) is 0 Å². The minimum Gasteiger partial charge on any atom is -0.397 e. The van der Waals surface area contributed by atoms with E-state index in [1.165, 1.54) is 32.5 Å². The lowest BCUT2D eigenvalue weighted by Gasteiger charge is -2.02. The first-order valence-electron chi connectivity index (χ1n) is 9.42. The molecule has 7 heteroatoms. The summed E-state index contributed by atoms with van der Waals surface area (Å²) in [5, 5.41) is 3.40. The molecule has 0 amide bonds. The molecule has 2 aromatic carbocycles. The highest BCUT2D eigenvalue weighted by Crippen LogP contribution is 2.36. The number of fused-ring (bicyclic) bond motifs is 1. The van der Waals surface area contributed by atoms with Gasteiger partial charge in [-0.05, 0) is 47.5 Å². The topological polar surface area (TPSA) is 50.9 Å². The van der Waals surface area contributed by atoms with E-state index >= 15 is 0 Å². The number of rotatable bonds is 2. The molecule has 5 rings (SSSR count). The Morgan fingerprint density at radius 2 is 1.84 bits per heavy atom. The van der Waals surface area contributed by atoms with Crippen molar-refractivity contribution in [3.8, 4) is 20.9 Å². The van der Waals surface area contributed by atoms with Crippen LogP contribution in [0.15, 0.2) is 78.5 Å². The van der Waals surface area contributed by atoms with E-state index < -0.39 is 5.82 Å². The molecule has 31 heavy (non-hydrogen) atoms. The van der Waals surface area contributed by atoms with Crippen molar-refractivity contribution >= 4 is 47.0 Å². The van der Waals surface area contributed by atoms with Crippen LogP contribution in [0.25, 0.3) is 26.6 Å². The number of nitrogen functional groups attached to an aromatic ring is 1. The summed E-state index contributed by atoms with van der Waals surface area (Å²) >= 11 is 11.0. The van der Waals surface area contributed by atoms with E-state index in [1.807, 2.05) is 12.3 Å². The first kappa shape index (κ1) is 21.4. The molecule has 0 radical (unpaired) electrons. The van der Waals surface area contributed by atoms with E-state index in [0.29, 0.717) is 5.69 Å². The molecule has 0 saturated carbocycles. The second kappa shape index (κ2) is 9.14. The van der Waals surface area contributed by atoms with Gasteiger partial charge in [0.2, 0.25) is 0 Å². The number of thiol groups is 1. The highest BCUT2D eigenvalue weighted by molar-refractivity contribution is 7.80. The van der Waals surface area contributed by atoms with Crippen LogP contribution in [0.1, 0.15) is 11.1 Å². The maximum atomic E-state index is 12.5. The predicted octanol–water partition coefficient (Wildman–Crippen LogP) is 6.90. The monoisotopic (exact) mass is 467 g/mol. The lowest BCUT2D eigenvalue weighted by Crippen LogP contribution is -1.98. The Labute approximate surface area is 194 Å². The Kier molecular flexibility index (Phi) is 6.32. The van der Waals surface area contributed by atoms with E-state index in [4.69, 9.17) is 17.3 Å². The smallest absolute Gasteiger partial charge is 0.155 e. The minimum absolute atomic E-state index is 0.113. The van der Waals surface area contributed by atoms with E-state index in [2.05, 4.69) is 59.8 Å². The number of nitrogens with zero attached hydrogens (tertiary/aromatic N) is 1. The molecule has 0 saturated heterocycles. The SMILES string of the molecule is C=C1NCc2cc(-c3ccc(-c4cncc(N)c4)s3)ccc21.Fc1c(S)cccc1Cl. The summed E-state index contributed by atoms with van der Waals surface area (Å²) in [6.07, 6.45) is 3.51. The Morgan fingerprint density at radius 1 is 1.06 bits per heavy atom. The fourth-order valence-corrected chi connectivity index (χ4v) is 4.65. The number of anilines is 1. The van der Waals surface area contributed by atoms with Gasteiger partial charge >= 0.3 is 0 Å². The first-order valence-corrected chi connectivity index (χ1v) is 11.1. The fraction of sp³-hybridized carbons (Fsp3) is 0.0417. The molecular formula is C24H19ClFN3S2. The molecule has 0 fully saturated rings. The van der Waals surface area contributed by atoms with Gasteiger partial charge in [-0.3, -0.25) is 4.98 Å². The molecule has 4 aromatic rings. The van der Waals surface area contributed by atoms with Gasteiger partial charge in [0.15, 0.2) is 5.82 Å². The normalized spacial score (nSPS) is 12.0. The number of benzene rings is 2. The number of hydrogen-bond acceptors (Lipinski definition) is 5. The van der Waals surface area contributed by atoms with Gasteiger partial charge in [-0.25, -0.2) is 4.39 Å². The number of pyridine rings is 1. The fourth-order valence-electron chi connectivity index (χ4n) is 3.22. The standard InChI is InChI=1S/C18H15N3S.C6H4ClFS/c1-11-16-3-2-12(6-13(16)9-21-11)17-4-5-18(22-17)14-7-15(19)10-20-8-14;7-4-2-1-3-5(9)6(4)8/h2-8,10,21H,1,9,19H2;1-3,9H. The van der Waals surface area contributed by atoms with Crippen molar-refractivity contribution in [3.63, 3.8) is 0 Å². The lowest BCUT2D eigenvalue weighted by atomic mass is 10.0. The van der Waals surface area contributed by atoms with Crippen molar-refractivity contribution in [1.82, 2.24) is 10.3 Å². The third-order valence-corrected chi connectivity index (χ3v) is 6.61. The maximum Gasteiger partial charge on any atom is 0.155 e. The zero-order chi connectivity index (χ0) is 22.0. The summed E-state index contributed by atoms with van der Waals surface area (Å²) in [4.78, 5) is 6.87. The van der Waals surface area contributed by atoms with E-state index in [9.17, 15) is 4.39 Å². The molecule has 3 nitrogen and oxygen atoms in total. The highest BCUT2D eigenvalue weighted by Gasteiger charge is 2.15. The molecule has 1 aliphatic heterocycles. The predicted molar refractivity (Wildman–Crippen MR) is 132 cm³/mol. The van der Waals surface area contributed by atoms with Gasteiger partial charge in [0.05, 0.1) is 10.7 Å². The number of nitrogens with one attached hydrogen (secondary N) is 1. The first-order chi connectivity index (χ1) is 14.9. The summed E-state index contributed by atoms with van der Waals surface area (Å²) in [5.74, 6) is -0.456. The summed E-state index contributed by atoms with van der Waals surface area (Å²) in [6, 6.07) is 17.5. The zero-order valence-electron chi connectivity index (χ0n) is 16.4. The molecule has 0 aliphatic carbocycles. The Bertz CT molecular complexity index is 1250. The van der Waals surface area contributed by atoms with Gasteiger partial charge in [-0.15, -0.1) is 24.0 Å². The van der Waals surface area contributed by atoms with Crippen LogP contribution in [0.3, 0.4) is 0 Å². The quantitative estimate of drug-likeness (QED) is 0.281. The van der Waals surface area contributed by atoms with Crippen LogP contribution in [0.5, 0.6) is 0 Å². The van der Waals surface area contributed by atoms with Crippen LogP contribution in [0, 0.1) is 5.82 Å². The van der Waals surface area contributed by atoms with Crippen LogP contribution in [-0.4, -0.2) is 4.98 Å². The summed E-state index contributed by atoms with van der Waals surface area (Å²) in [5.41, 5.74) is 12.4. The van der Waals surface area contributed by atoms with E-state index in [1.54, 1.807) is 29.7 Å². The Balaban J connectivity index is 0.000000217.